The number of carbonyl (C=O) groups is 2. The monoisotopic (exact) mass is 330 g/mol. The van der Waals surface area contributed by atoms with E-state index in [1.54, 1.807) is 6.92 Å². The molecule has 0 saturated heterocycles. The van der Waals surface area contributed by atoms with Crippen molar-refractivity contribution in [3.8, 4) is 0 Å². The molecule has 1 aromatic rings. The Balaban J connectivity index is 2.21. The molecule has 0 spiro atoms. The van der Waals surface area contributed by atoms with E-state index in [0.717, 1.165) is 31.2 Å². The van der Waals surface area contributed by atoms with Crippen molar-refractivity contribution in [2.75, 3.05) is 0 Å². The summed E-state index contributed by atoms with van der Waals surface area (Å²) in [4.78, 5) is 24.2. The standard InChI is InChI=1S/C20H26O4/c1-14(2)18(21)23-16(4)19(22)24-20(13-9-8-10-15(20)3)17-11-6-5-7-12-17/h5-7,11-12,15-16H,1,8-10,13H2,2-4H3. The normalized spacial score (nSPS) is 24.7. The van der Waals surface area contributed by atoms with Crippen molar-refractivity contribution in [3.05, 3.63) is 48.0 Å². The van der Waals surface area contributed by atoms with E-state index in [4.69, 9.17) is 9.47 Å². The van der Waals surface area contributed by atoms with E-state index < -0.39 is 23.6 Å². The lowest BCUT2D eigenvalue weighted by molar-refractivity contribution is -0.186. The van der Waals surface area contributed by atoms with Crippen molar-refractivity contribution in [1.82, 2.24) is 0 Å². The van der Waals surface area contributed by atoms with Crippen LogP contribution in [0.1, 0.15) is 52.0 Å². The molecule has 0 aliphatic heterocycles. The van der Waals surface area contributed by atoms with Crippen LogP contribution in [0.5, 0.6) is 0 Å². The molecule has 4 heteroatoms. The van der Waals surface area contributed by atoms with Crippen molar-refractivity contribution < 1.29 is 19.1 Å². The molecular formula is C20H26O4. The van der Waals surface area contributed by atoms with E-state index in [-0.39, 0.29) is 11.5 Å². The molecule has 1 fully saturated rings. The number of rotatable bonds is 5. The predicted molar refractivity (Wildman–Crippen MR) is 92.2 cm³/mol. The maximum Gasteiger partial charge on any atom is 0.348 e. The number of hydrogen-bond acceptors (Lipinski definition) is 4. The summed E-state index contributed by atoms with van der Waals surface area (Å²) in [6.45, 7) is 8.73. The quantitative estimate of drug-likeness (QED) is 0.601. The minimum atomic E-state index is -0.955. The maximum atomic E-state index is 12.6. The number of carbonyl (C=O) groups excluding carboxylic acids is 2. The van der Waals surface area contributed by atoms with Crippen molar-refractivity contribution in [2.24, 2.45) is 5.92 Å². The molecule has 0 radical (unpaired) electrons. The zero-order valence-electron chi connectivity index (χ0n) is 14.7. The van der Waals surface area contributed by atoms with Gasteiger partial charge in [-0.2, -0.15) is 0 Å². The molecule has 1 aromatic carbocycles. The van der Waals surface area contributed by atoms with Crippen LogP contribution in [-0.2, 0) is 24.7 Å². The molecule has 1 aliphatic carbocycles. The van der Waals surface area contributed by atoms with Crippen LogP contribution in [0.3, 0.4) is 0 Å². The van der Waals surface area contributed by atoms with E-state index >= 15 is 0 Å². The smallest absolute Gasteiger partial charge is 0.348 e. The highest BCUT2D eigenvalue weighted by molar-refractivity contribution is 5.89. The van der Waals surface area contributed by atoms with Gasteiger partial charge in [0.2, 0.25) is 0 Å². The Morgan fingerprint density at radius 1 is 1.25 bits per heavy atom. The zero-order chi connectivity index (χ0) is 17.7. The van der Waals surface area contributed by atoms with Crippen LogP contribution in [0.4, 0.5) is 0 Å². The van der Waals surface area contributed by atoms with Crippen LogP contribution in [0.25, 0.3) is 0 Å². The van der Waals surface area contributed by atoms with Gasteiger partial charge in [0.15, 0.2) is 6.10 Å². The topological polar surface area (TPSA) is 52.6 Å². The Morgan fingerprint density at radius 3 is 2.50 bits per heavy atom. The van der Waals surface area contributed by atoms with Gasteiger partial charge in [0, 0.05) is 11.5 Å². The Morgan fingerprint density at radius 2 is 1.92 bits per heavy atom. The Labute approximate surface area is 143 Å². The first-order valence-electron chi connectivity index (χ1n) is 8.51. The van der Waals surface area contributed by atoms with Gasteiger partial charge in [0.1, 0.15) is 5.60 Å². The van der Waals surface area contributed by atoms with Gasteiger partial charge in [0.25, 0.3) is 0 Å². The van der Waals surface area contributed by atoms with Crippen LogP contribution in [-0.4, -0.2) is 18.0 Å². The van der Waals surface area contributed by atoms with Crippen LogP contribution >= 0.6 is 0 Å². The second kappa shape index (κ2) is 7.65. The second-order valence-electron chi connectivity index (χ2n) is 6.65. The molecule has 0 N–H and O–H groups in total. The molecule has 0 aromatic heterocycles. The summed E-state index contributed by atoms with van der Waals surface area (Å²) in [5.41, 5.74) is 0.614. The molecule has 3 unspecified atom stereocenters. The fraction of sp³-hybridized carbons (Fsp3) is 0.500. The summed E-state index contributed by atoms with van der Waals surface area (Å²) in [5, 5.41) is 0. The Kier molecular flexibility index (Phi) is 5.81. The van der Waals surface area contributed by atoms with Gasteiger partial charge < -0.3 is 9.47 Å². The molecule has 0 bridgehead atoms. The second-order valence-corrected chi connectivity index (χ2v) is 6.65. The highest BCUT2D eigenvalue weighted by Gasteiger charge is 2.44. The van der Waals surface area contributed by atoms with E-state index in [1.165, 1.54) is 6.92 Å². The lowest BCUT2D eigenvalue weighted by atomic mass is 9.72. The largest absolute Gasteiger partial charge is 0.451 e. The van der Waals surface area contributed by atoms with Gasteiger partial charge in [-0.1, -0.05) is 50.3 Å². The highest BCUT2D eigenvalue weighted by Crippen LogP contribution is 2.45. The van der Waals surface area contributed by atoms with Gasteiger partial charge in [-0.05, 0) is 38.7 Å². The van der Waals surface area contributed by atoms with Gasteiger partial charge in [-0.3, -0.25) is 0 Å². The SMILES string of the molecule is C=C(C)C(=O)OC(C)C(=O)OC1(c2ccccc2)CCCCC1C. The molecule has 4 nitrogen and oxygen atoms in total. The number of hydrogen-bond donors (Lipinski definition) is 0. The summed E-state index contributed by atoms with van der Waals surface area (Å²) >= 11 is 0. The number of esters is 2. The highest BCUT2D eigenvalue weighted by atomic mass is 16.6. The fourth-order valence-electron chi connectivity index (χ4n) is 3.25. The van der Waals surface area contributed by atoms with E-state index in [1.807, 2.05) is 30.3 Å². The van der Waals surface area contributed by atoms with Gasteiger partial charge in [0.05, 0.1) is 0 Å². The molecule has 3 atom stereocenters. The van der Waals surface area contributed by atoms with Crippen LogP contribution < -0.4 is 0 Å². The molecule has 1 saturated carbocycles. The lowest BCUT2D eigenvalue weighted by Crippen LogP contribution is -2.43. The third-order valence-corrected chi connectivity index (χ3v) is 4.74. The molecule has 0 heterocycles. The van der Waals surface area contributed by atoms with Crippen molar-refractivity contribution in [3.63, 3.8) is 0 Å². The molecule has 0 amide bonds. The first-order chi connectivity index (χ1) is 11.4. The van der Waals surface area contributed by atoms with Gasteiger partial charge >= 0.3 is 11.9 Å². The molecular weight excluding hydrogens is 304 g/mol. The first kappa shape index (κ1) is 18.2. The summed E-state index contributed by atoms with van der Waals surface area (Å²) < 4.78 is 11.1. The first-order valence-corrected chi connectivity index (χ1v) is 8.51. The van der Waals surface area contributed by atoms with E-state index in [0.29, 0.717) is 0 Å². The Bertz CT molecular complexity index is 607. The number of benzene rings is 1. The molecule has 24 heavy (non-hydrogen) atoms. The summed E-state index contributed by atoms with van der Waals surface area (Å²) in [7, 11) is 0. The van der Waals surface area contributed by atoms with Crippen molar-refractivity contribution in [1.29, 1.82) is 0 Å². The van der Waals surface area contributed by atoms with Crippen molar-refractivity contribution in [2.45, 2.75) is 58.2 Å². The lowest BCUT2D eigenvalue weighted by Gasteiger charge is -2.42. The summed E-state index contributed by atoms with van der Waals surface area (Å²) in [6.07, 6.45) is 2.97. The fourth-order valence-corrected chi connectivity index (χ4v) is 3.25. The summed E-state index contributed by atoms with van der Waals surface area (Å²) in [5.74, 6) is -0.881. The summed E-state index contributed by atoms with van der Waals surface area (Å²) in [6, 6.07) is 9.86. The average Bonchev–Trinajstić information content (AvgIpc) is 2.57. The van der Waals surface area contributed by atoms with Gasteiger partial charge in [-0.25, -0.2) is 9.59 Å². The third-order valence-electron chi connectivity index (χ3n) is 4.74. The van der Waals surface area contributed by atoms with Crippen LogP contribution in [0.15, 0.2) is 42.5 Å². The van der Waals surface area contributed by atoms with Crippen molar-refractivity contribution >= 4 is 11.9 Å². The zero-order valence-corrected chi connectivity index (χ0v) is 14.7. The van der Waals surface area contributed by atoms with Crippen LogP contribution in [0.2, 0.25) is 0 Å². The minimum absolute atomic E-state index is 0.210. The predicted octanol–water partition coefficient (Wildman–Crippen LogP) is 4.14. The number of ether oxygens (including phenoxy) is 2. The van der Waals surface area contributed by atoms with E-state index in [2.05, 4.69) is 13.5 Å². The average molecular weight is 330 g/mol. The molecule has 1 aliphatic rings. The molecule has 2 rings (SSSR count). The minimum Gasteiger partial charge on any atom is -0.451 e. The maximum absolute atomic E-state index is 12.6. The van der Waals surface area contributed by atoms with Gasteiger partial charge in [-0.15, -0.1) is 0 Å². The van der Waals surface area contributed by atoms with E-state index in [9.17, 15) is 9.59 Å². The third kappa shape index (κ3) is 3.86. The Hall–Kier alpha value is -2.10. The van der Waals surface area contributed by atoms with Crippen LogP contribution in [0, 0.1) is 5.92 Å². The molecule has 130 valence electrons.